The fourth-order valence-electron chi connectivity index (χ4n) is 4.28. The Morgan fingerprint density at radius 3 is 2.53 bits per heavy atom. The molecule has 0 aliphatic carbocycles. The molecule has 0 spiro atoms. The summed E-state index contributed by atoms with van der Waals surface area (Å²) in [4.78, 5) is 33.1. The molecule has 0 saturated carbocycles. The summed E-state index contributed by atoms with van der Waals surface area (Å²) >= 11 is 1.46. The van der Waals surface area contributed by atoms with Gasteiger partial charge in [0.2, 0.25) is 5.91 Å². The number of fused-ring (bicyclic) bond motifs is 1. The van der Waals surface area contributed by atoms with Crippen LogP contribution < -0.4 is 5.56 Å². The van der Waals surface area contributed by atoms with Crippen molar-refractivity contribution in [3.63, 3.8) is 0 Å². The van der Waals surface area contributed by atoms with Gasteiger partial charge in [0.1, 0.15) is 10.6 Å². The Morgan fingerprint density at radius 1 is 1.09 bits per heavy atom. The van der Waals surface area contributed by atoms with Crippen LogP contribution in [0.5, 0.6) is 5.75 Å². The van der Waals surface area contributed by atoms with E-state index in [0.29, 0.717) is 29.9 Å². The Bertz CT molecular complexity index is 1430. The van der Waals surface area contributed by atoms with Gasteiger partial charge in [0.15, 0.2) is 0 Å². The minimum Gasteiger partial charge on any atom is -0.508 e. The third-order valence-corrected chi connectivity index (χ3v) is 7.18. The zero-order valence-electron chi connectivity index (χ0n) is 18.9. The molecule has 172 valence electrons. The third kappa shape index (κ3) is 4.39. The second-order valence-corrected chi connectivity index (χ2v) is 9.41. The van der Waals surface area contributed by atoms with Crippen molar-refractivity contribution in [3.05, 3.63) is 87.8 Å². The van der Waals surface area contributed by atoms with E-state index in [1.54, 1.807) is 23.0 Å². The summed E-state index contributed by atoms with van der Waals surface area (Å²) < 4.78 is 1.55. The van der Waals surface area contributed by atoms with Crippen LogP contribution in [-0.2, 0) is 11.3 Å². The zero-order valence-corrected chi connectivity index (χ0v) is 19.7. The number of aromatic nitrogens is 2. The number of aromatic hydroxyl groups is 1. The summed E-state index contributed by atoms with van der Waals surface area (Å²) in [6.07, 6.45) is 4.62. The molecule has 0 fully saturated rings. The smallest absolute Gasteiger partial charge is 0.262 e. The topological polar surface area (TPSA) is 75.4 Å². The zero-order chi connectivity index (χ0) is 23.7. The molecule has 1 aliphatic heterocycles. The van der Waals surface area contributed by atoms with Crippen LogP contribution in [0.15, 0.2) is 71.1 Å². The van der Waals surface area contributed by atoms with Crippen molar-refractivity contribution in [2.75, 3.05) is 13.1 Å². The number of thiophene rings is 1. The third-order valence-electron chi connectivity index (χ3n) is 6.29. The summed E-state index contributed by atoms with van der Waals surface area (Å²) in [7, 11) is 0. The lowest BCUT2D eigenvalue weighted by atomic mass is 9.99. The fourth-order valence-corrected chi connectivity index (χ4v) is 5.19. The molecule has 34 heavy (non-hydrogen) atoms. The summed E-state index contributed by atoms with van der Waals surface area (Å²) in [5.41, 5.74) is 5.19. The van der Waals surface area contributed by atoms with Gasteiger partial charge in [-0.05, 0) is 42.2 Å². The average molecular weight is 472 g/mol. The van der Waals surface area contributed by atoms with Gasteiger partial charge in [-0.3, -0.25) is 14.2 Å². The molecule has 2 aromatic carbocycles. The van der Waals surface area contributed by atoms with Crippen molar-refractivity contribution >= 4 is 33.0 Å². The van der Waals surface area contributed by atoms with E-state index in [2.05, 4.69) is 11.1 Å². The molecule has 1 N–H and O–H groups in total. The van der Waals surface area contributed by atoms with Crippen molar-refractivity contribution in [3.8, 4) is 16.9 Å². The first-order valence-electron chi connectivity index (χ1n) is 11.3. The van der Waals surface area contributed by atoms with Crippen LogP contribution in [-0.4, -0.2) is 38.6 Å². The number of rotatable bonds is 5. The quantitative estimate of drug-likeness (QED) is 0.452. The van der Waals surface area contributed by atoms with Crippen molar-refractivity contribution in [2.24, 2.45) is 0 Å². The molecule has 1 amide bonds. The lowest BCUT2D eigenvalue weighted by Crippen LogP contribution is -2.35. The summed E-state index contributed by atoms with van der Waals surface area (Å²) in [6.45, 7) is 3.52. The number of carbonyl (C=O) groups excluding carboxylic acids is 1. The predicted molar refractivity (Wildman–Crippen MR) is 136 cm³/mol. The summed E-state index contributed by atoms with van der Waals surface area (Å²) in [6, 6.07) is 15.2. The Kier molecular flexibility index (Phi) is 6.02. The van der Waals surface area contributed by atoms with Crippen LogP contribution in [0.1, 0.15) is 24.0 Å². The fraction of sp³-hybridized carbons (Fsp3) is 0.222. The lowest BCUT2D eigenvalue weighted by Gasteiger charge is -2.27. The van der Waals surface area contributed by atoms with E-state index in [1.165, 1.54) is 22.5 Å². The number of phenolic OH excluding ortho intramolecular Hbond substituents is 1. The van der Waals surface area contributed by atoms with Gasteiger partial charge in [-0.2, -0.15) is 0 Å². The summed E-state index contributed by atoms with van der Waals surface area (Å²) in [5, 5.41) is 12.1. The van der Waals surface area contributed by atoms with Gasteiger partial charge in [0.25, 0.3) is 5.56 Å². The predicted octanol–water partition coefficient (Wildman–Crippen LogP) is 4.85. The first kappa shape index (κ1) is 22.1. The number of amides is 1. The monoisotopic (exact) mass is 471 g/mol. The van der Waals surface area contributed by atoms with Crippen LogP contribution in [0.3, 0.4) is 0 Å². The molecule has 5 rings (SSSR count). The number of phenols is 1. The minimum absolute atomic E-state index is 0.0251. The maximum absolute atomic E-state index is 13.2. The van der Waals surface area contributed by atoms with Crippen LogP contribution in [0, 0.1) is 6.92 Å². The number of nitrogens with zero attached hydrogens (tertiary/aromatic N) is 3. The second-order valence-electron chi connectivity index (χ2n) is 8.55. The molecular formula is C27H25N3O3S. The number of carbonyl (C=O) groups is 1. The van der Waals surface area contributed by atoms with Crippen LogP contribution in [0.25, 0.3) is 26.9 Å². The molecule has 6 nitrogen and oxygen atoms in total. The first-order chi connectivity index (χ1) is 16.5. The molecule has 0 atom stereocenters. The van der Waals surface area contributed by atoms with Gasteiger partial charge in [0.05, 0.1) is 11.7 Å². The summed E-state index contributed by atoms with van der Waals surface area (Å²) in [5.74, 6) is 0.269. The normalized spacial score (nSPS) is 13.8. The van der Waals surface area contributed by atoms with Crippen molar-refractivity contribution in [1.82, 2.24) is 14.5 Å². The highest BCUT2D eigenvalue weighted by atomic mass is 32.1. The highest BCUT2D eigenvalue weighted by Crippen LogP contribution is 2.31. The standard InChI is InChI=1S/C27H25N3O3S/c1-18-2-4-21(5-3-18)23-16-34-26-25(23)27(33)30(17-28-26)15-12-24(32)29-13-10-20(11-14-29)19-6-8-22(31)9-7-19/h2-10,16-17,31H,11-15H2,1H3. The Labute approximate surface area is 201 Å². The van der Waals surface area contributed by atoms with Crippen molar-refractivity contribution < 1.29 is 9.90 Å². The maximum Gasteiger partial charge on any atom is 0.262 e. The van der Waals surface area contributed by atoms with E-state index >= 15 is 0 Å². The molecule has 3 heterocycles. The minimum atomic E-state index is -0.109. The van der Waals surface area contributed by atoms with Gasteiger partial charge >= 0.3 is 0 Å². The van der Waals surface area contributed by atoms with Crippen LogP contribution in [0.2, 0.25) is 0 Å². The van der Waals surface area contributed by atoms with Crippen LogP contribution >= 0.6 is 11.3 Å². The molecule has 4 aromatic rings. The van der Waals surface area contributed by atoms with Crippen LogP contribution in [0.4, 0.5) is 0 Å². The number of hydrogen-bond donors (Lipinski definition) is 1. The Morgan fingerprint density at radius 2 is 1.82 bits per heavy atom. The lowest BCUT2D eigenvalue weighted by molar-refractivity contribution is -0.131. The average Bonchev–Trinajstić information content (AvgIpc) is 3.29. The molecule has 0 bridgehead atoms. The first-order valence-corrected chi connectivity index (χ1v) is 12.2. The van der Waals surface area contributed by atoms with Crippen molar-refractivity contribution in [1.29, 1.82) is 0 Å². The number of hydrogen-bond acceptors (Lipinski definition) is 5. The van der Waals surface area contributed by atoms with E-state index in [0.717, 1.165) is 23.1 Å². The second kappa shape index (κ2) is 9.27. The Hall–Kier alpha value is -3.71. The largest absolute Gasteiger partial charge is 0.508 e. The molecular weight excluding hydrogens is 446 g/mol. The number of aryl methyl sites for hydroxylation is 2. The van der Waals surface area contributed by atoms with Crippen molar-refractivity contribution in [2.45, 2.75) is 26.3 Å². The van der Waals surface area contributed by atoms with E-state index in [-0.39, 0.29) is 23.6 Å². The Balaban J connectivity index is 1.29. The van der Waals surface area contributed by atoms with Gasteiger partial charge in [0, 0.05) is 37.0 Å². The molecule has 0 unspecified atom stereocenters. The molecule has 0 radical (unpaired) electrons. The molecule has 7 heteroatoms. The number of benzene rings is 2. The van der Waals surface area contributed by atoms with Gasteiger partial charge in [-0.15, -0.1) is 11.3 Å². The SMILES string of the molecule is Cc1ccc(-c2csc3ncn(CCC(=O)N4CC=C(c5ccc(O)cc5)CC4)c(=O)c23)cc1. The molecule has 1 aliphatic rings. The highest BCUT2D eigenvalue weighted by Gasteiger charge is 2.19. The van der Waals surface area contributed by atoms with Gasteiger partial charge in [-0.1, -0.05) is 48.0 Å². The van der Waals surface area contributed by atoms with Gasteiger partial charge < -0.3 is 10.0 Å². The van der Waals surface area contributed by atoms with Gasteiger partial charge in [-0.25, -0.2) is 4.98 Å². The van der Waals surface area contributed by atoms with E-state index < -0.39 is 0 Å². The van der Waals surface area contributed by atoms with E-state index in [9.17, 15) is 14.7 Å². The highest BCUT2D eigenvalue weighted by molar-refractivity contribution is 7.17. The maximum atomic E-state index is 13.2. The molecule has 2 aromatic heterocycles. The van der Waals surface area contributed by atoms with E-state index in [1.807, 2.05) is 53.6 Å². The van der Waals surface area contributed by atoms with E-state index in [4.69, 9.17) is 0 Å². The molecule has 0 saturated heterocycles.